The topological polar surface area (TPSA) is 44.7 Å². The molecule has 0 radical (unpaired) electrons. The van der Waals surface area contributed by atoms with Crippen molar-refractivity contribution in [3.05, 3.63) is 21.9 Å². The Balaban J connectivity index is 1.65. The first-order valence-electron chi connectivity index (χ1n) is 7.34. The predicted octanol–water partition coefficient (Wildman–Crippen LogP) is 1.62. The first-order valence-corrected chi connectivity index (χ1v) is 8.22. The van der Waals surface area contributed by atoms with Gasteiger partial charge in [0, 0.05) is 31.1 Å². The Bertz CT molecular complexity index is 389. The lowest BCUT2D eigenvalue weighted by atomic mass is 10.0. The lowest BCUT2D eigenvalue weighted by Gasteiger charge is -2.33. The van der Waals surface area contributed by atoms with Crippen LogP contribution in [0.25, 0.3) is 0 Å². The third-order valence-corrected chi connectivity index (χ3v) is 4.96. The van der Waals surface area contributed by atoms with Gasteiger partial charge in [-0.15, -0.1) is 11.3 Å². The van der Waals surface area contributed by atoms with Gasteiger partial charge in [0.05, 0.1) is 12.7 Å². The Morgan fingerprint density at radius 2 is 2.25 bits per heavy atom. The molecule has 20 heavy (non-hydrogen) atoms. The molecular formula is C15H26N2O2S. The van der Waals surface area contributed by atoms with Crippen molar-refractivity contribution in [2.24, 2.45) is 0 Å². The number of aliphatic hydroxyl groups excluding tert-OH is 1. The van der Waals surface area contributed by atoms with E-state index in [4.69, 9.17) is 4.74 Å². The summed E-state index contributed by atoms with van der Waals surface area (Å²) >= 11 is 1.83. The van der Waals surface area contributed by atoms with Crippen molar-refractivity contribution in [2.75, 3.05) is 33.4 Å². The molecule has 1 aliphatic rings. The van der Waals surface area contributed by atoms with Crippen molar-refractivity contribution in [3.8, 4) is 0 Å². The normalized spacial score (nSPS) is 19.4. The van der Waals surface area contributed by atoms with Crippen molar-refractivity contribution in [2.45, 2.75) is 38.5 Å². The molecule has 1 aliphatic heterocycles. The molecule has 0 saturated carbocycles. The summed E-state index contributed by atoms with van der Waals surface area (Å²) in [5.41, 5.74) is 1.39. The number of aryl methyl sites for hydroxylation is 1. The third-order valence-electron chi connectivity index (χ3n) is 3.94. The summed E-state index contributed by atoms with van der Waals surface area (Å²) in [4.78, 5) is 3.78. The van der Waals surface area contributed by atoms with Gasteiger partial charge in [0.25, 0.3) is 0 Å². The zero-order valence-corrected chi connectivity index (χ0v) is 13.3. The van der Waals surface area contributed by atoms with Crippen LogP contribution in [0.5, 0.6) is 0 Å². The fourth-order valence-electron chi connectivity index (χ4n) is 2.69. The third kappa shape index (κ3) is 4.82. The van der Waals surface area contributed by atoms with Gasteiger partial charge in [0.15, 0.2) is 0 Å². The Hall–Kier alpha value is -0.460. The molecule has 0 amide bonds. The maximum Gasteiger partial charge on any atom is 0.0900 e. The molecule has 0 aliphatic carbocycles. The molecule has 1 atom stereocenters. The molecule has 1 aromatic heterocycles. The lowest BCUT2D eigenvalue weighted by molar-refractivity contribution is 0.0310. The molecule has 4 nitrogen and oxygen atoms in total. The van der Waals surface area contributed by atoms with Gasteiger partial charge >= 0.3 is 0 Å². The van der Waals surface area contributed by atoms with E-state index >= 15 is 0 Å². The maximum atomic E-state index is 9.75. The largest absolute Gasteiger partial charge is 0.389 e. The minimum atomic E-state index is -0.363. The quantitative estimate of drug-likeness (QED) is 0.803. The molecule has 1 fully saturated rings. The van der Waals surface area contributed by atoms with Crippen molar-refractivity contribution < 1.29 is 9.84 Å². The number of methoxy groups -OCH3 is 1. The molecule has 0 aromatic carbocycles. The van der Waals surface area contributed by atoms with Crippen LogP contribution >= 0.6 is 11.3 Å². The summed E-state index contributed by atoms with van der Waals surface area (Å²) in [6.45, 7) is 6.43. The minimum absolute atomic E-state index is 0.363. The Morgan fingerprint density at radius 1 is 1.50 bits per heavy atom. The van der Waals surface area contributed by atoms with Gasteiger partial charge in [-0.2, -0.15) is 0 Å². The first-order chi connectivity index (χ1) is 9.69. The van der Waals surface area contributed by atoms with E-state index in [1.807, 2.05) is 11.3 Å². The SMILES string of the molecule is COCC(O)CN1CCC(NCc2sccc2C)CC1. The highest BCUT2D eigenvalue weighted by Gasteiger charge is 2.20. The summed E-state index contributed by atoms with van der Waals surface area (Å²) in [6, 6.07) is 2.79. The van der Waals surface area contributed by atoms with Crippen LogP contribution in [0.2, 0.25) is 0 Å². The zero-order valence-electron chi connectivity index (χ0n) is 12.5. The van der Waals surface area contributed by atoms with Gasteiger partial charge < -0.3 is 20.1 Å². The van der Waals surface area contributed by atoms with Crippen molar-refractivity contribution in [1.29, 1.82) is 0 Å². The summed E-state index contributed by atoms with van der Waals surface area (Å²) < 4.78 is 4.97. The van der Waals surface area contributed by atoms with Crippen molar-refractivity contribution in [3.63, 3.8) is 0 Å². The van der Waals surface area contributed by atoms with Crippen LogP contribution in [-0.2, 0) is 11.3 Å². The van der Waals surface area contributed by atoms with Crippen LogP contribution in [0.1, 0.15) is 23.3 Å². The van der Waals surface area contributed by atoms with Gasteiger partial charge in [0.2, 0.25) is 0 Å². The Kier molecular flexibility index (Phi) is 6.45. The van der Waals surface area contributed by atoms with Crippen molar-refractivity contribution in [1.82, 2.24) is 10.2 Å². The van der Waals surface area contributed by atoms with E-state index < -0.39 is 0 Å². The van der Waals surface area contributed by atoms with E-state index in [0.717, 1.165) is 39.0 Å². The molecule has 1 aromatic rings. The Morgan fingerprint density at radius 3 is 2.85 bits per heavy atom. The fraction of sp³-hybridized carbons (Fsp3) is 0.733. The average Bonchev–Trinajstić information content (AvgIpc) is 2.84. The van der Waals surface area contributed by atoms with Gasteiger partial charge in [-0.3, -0.25) is 0 Å². The van der Waals surface area contributed by atoms with Crippen LogP contribution in [-0.4, -0.2) is 55.5 Å². The molecule has 1 unspecified atom stereocenters. The fourth-order valence-corrected chi connectivity index (χ4v) is 3.54. The molecule has 1 saturated heterocycles. The average molecular weight is 298 g/mol. The minimum Gasteiger partial charge on any atom is -0.389 e. The molecule has 5 heteroatoms. The van der Waals surface area contributed by atoms with E-state index in [9.17, 15) is 5.11 Å². The molecule has 0 bridgehead atoms. The second-order valence-electron chi connectivity index (χ2n) is 5.59. The summed E-state index contributed by atoms with van der Waals surface area (Å²) in [5.74, 6) is 0. The molecule has 2 heterocycles. The zero-order chi connectivity index (χ0) is 14.4. The first kappa shape index (κ1) is 15.9. The summed E-state index contributed by atoms with van der Waals surface area (Å²) in [7, 11) is 1.63. The molecule has 0 spiro atoms. The van der Waals surface area contributed by atoms with Crippen LogP contribution in [0.4, 0.5) is 0 Å². The molecule has 2 N–H and O–H groups in total. The van der Waals surface area contributed by atoms with E-state index in [2.05, 4.69) is 28.6 Å². The highest BCUT2D eigenvalue weighted by molar-refractivity contribution is 7.10. The number of rotatable bonds is 7. The van der Waals surface area contributed by atoms with E-state index in [1.54, 1.807) is 7.11 Å². The monoisotopic (exact) mass is 298 g/mol. The van der Waals surface area contributed by atoms with Gasteiger partial charge in [-0.1, -0.05) is 0 Å². The summed E-state index contributed by atoms with van der Waals surface area (Å²) in [6.07, 6.45) is 1.95. The number of hydrogen-bond donors (Lipinski definition) is 2. The number of piperidine rings is 1. The summed E-state index contributed by atoms with van der Waals surface area (Å²) in [5, 5.41) is 15.6. The number of hydrogen-bond acceptors (Lipinski definition) is 5. The molecule has 2 rings (SSSR count). The number of nitrogens with one attached hydrogen (secondary N) is 1. The number of nitrogens with zero attached hydrogens (tertiary/aromatic N) is 1. The maximum absolute atomic E-state index is 9.75. The number of aliphatic hydroxyl groups is 1. The highest BCUT2D eigenvalue weighted by Crippen LogP contribution is 2.17. The van der Waals surface area contributed by atoms with Crippen molar-refractivity contribution >= 4 is 11.3 Å². The lowest BCUT2D eigenvalue weighted by Crippen LogP contribution is -2.45. The number of thiophene rings is 1. The van der Waals surface area contributed by atoms with Crippen LogP contribution < -0.4 is 5.32 Å². The Labute approximate surface area is 125 Å². The number of ether oxygens (including phenoxy) is 1. The number of likely N-dealkylation sites (tertiary alicyclic amines) is 1. The molecule has 114 valence electrons. The van der Waals surface area contributed by atoms with Crippen LogP contribution in [0.15, 0.2) is 11.4 Å². The highest BCUT2D eigenvalue weighted by atomic mass is 32.1. The van der Waals surface area contributed by atoms with Gasteiger partial charge in [-0.25, -0.2) is 0 Å². The van der Waals surface area contributed by atoms with Crippen LogP contribution in [0, 0.1) is 6.92 Å². The number of β-amino-alcohol motifs (C(OH)–C–C–N with tert-alkyl or cyclic N) is 1. The standard InChI is InChI=1S/C15H26N2O2S/c1-12-5-8-20-15(12)9-16-13-3-6-17(7-4-13)10-14(18)11-19-2/h5,8,13-14,16,18H,3-4,6-7,9-11H2,1-2H3. The van der Waals surface area contributed by atoms with Gasteiger partial charge in [-0.05, 0) is 49.9 Å². The second kappa shape index (κ2) is 8.10. The van der Waals surface area contributed by atoms with E-state index in [0.29, 0.717) is 12.6 Å². The predicted molar refractivity (Wildman–Crippen MR) is 83.2 cm³/mol. The van der Waals surface area contributed by atoms with E-state index in [1.165, 1.54) is 10.4 Å². The second-order valence-corrected chi connectivity index (χ2v) is 6.59. The van der Waals surface area contributed by atoms with Crippen LogP contribution in [0.3, 0.4) is 0 Å². The van der Waals surface area contributed by atoms with E-state index in [-0.39, 0.29) is 6.10 Å². The smallest absolute Gasteiger partial charge is 0.0900 e. The molecular weight excluding hydrogens is 272 g/mol. The van der Waals surface area contributed by atoms with Gasteiger partial charge in [0.1, 0.15) is 0 Å².